The second-order valence-corrected chi connectivity index (χ2v) is 4.28. The highest BCUT2D eigenvalue weighted by Gasteiger charge is 2.27. The van der Waals surface area contributed by atoms with Crippen LogP contribution >= 0.6 is 0 Å². The first-order valence-corrected chi connectivity index (χ1v) is 5.69. The normalized spacial score (nSPS) is 26.1. The molecule has 0 amide bonds. The van der Waals surface area contributed by atoms with Gasteiger partial charge in [0.05, 0.1) is 6.26 Å². The van der Waals surface area contributed by atoms with E-state index in [1.54, 1.807) is 6.26 Å². The highest BCUT2D eigenvalue weighted by atomic mass is 16.5. The van der Waals surface area contributed by atoms with Gasteiger partial charge in [-0.25, -0.2) is 0 Å². The lowest BCUT2D eigenvalue weighted by Gasteiger charge is -2.28. The molecule has 3 nitrogen and oxygen atoms in total. The maximum Gasteiger partial charge on any atom is 0.134 e. The second kappa shape index (κ2) is 3.92. The van der Waals surface area contributed by atoms with Crippen molar-refractivity contribution in [3.8, 4) is 0 Å². The summed E-state index contributed by atoms with van der Waals surface area (Å²) in [6, 6.07) is 8.08. The molecule has 2 unspecified atom stereocenters. The summed E-state index contributed by atoms with van der Waals surface area (Å²) >= 11 is 0. The van der Waals surface area contributed by atoms with Gasteiger partial charge in [0.2, 0.25) is 0 Å². The van der Waals surface area contributed by atoms with Gasteiger partial charge in [-0.3, -0.25) is 0 Å². The molecule has 1 aromatic heterocycles. The zero-order valence-corrected chi connectivity index (χ0v) is 9.06. The minimum atomic E-state index is -0.0163. The van der Waals surface area contributed by atoms with E-state index in [4.69, 9.17) is 14.9 Å². The predicted molar refractivity (Wildman–Crippen MR) is 62.1 cm³/mol. The van der Waals surface area contributed by atoms with E-state index >= 15 is 0 Å². The maximum atomic E-state index is 6.09. The first kappa shape index (κ1) is 9.87. The summed E-state index contributed by atoms with van der Waals surface area (Å²) in [4.78, 5) is 0. The Hall–Kier alpha value is -1.32. The summed E-state index contributed by atoms with van der Waals surface area (Å²) in [6.07, 6.45) is 3.83. The Bertz CT molecular complexity index is 491. The van der Waals surface area contributed by atoms with E-state index in [9.17, 15) is 0 Å². The van der Waals surface area contributed by atoms with Crippen LogP contribution in [0.1, 0.15) is 24.5 Å². The molecule has 0 bridgehead atoms. The summed E-state index contributed by atoms with van der Waals surface area (Å²) in [6.45, 7) is 0.790. The number of hydrogen-bond acceptors (Lipinski definition) is 3. The molecule has 1 aliphatic heterocycles. The van der Waals surface area contributed by atoms with Crippen LogP contribution in [0.4, 0.5) is 0 Å². The Balaban J connectivity index is 2.04. The van der Waals surface area contributed by atoms with Crippen molar-refractivity contribution in [2.45, 2.75) is 25.0 Å². The lowest BCUT2D eigenvalue weighted by molar-refractivity contribution is 0.000581. The number of nitrogens with two attached hydrogens (primary N) is 1. The average Bonchev–Trinajstić information content (AvgIpc) is 2.74. The van der Waals surface area contributed by atoms with Gasteiger partial charge < -0.3 is 14.9 Å². The van der Waals surface area contributed by atoms with Crippen molar-refractivity contribution in [3.63, 3.8) is 0 Å². The van der Waals surface area contributed by atoms with Gasteiger partial charge in [-0.05, 0) is 18.9 Å². The molecule has 2 atom stereocenters. The Kier molecular flexibility index (Phi) is 2.42. The number of rotatable bonds is 1. The van der Waals surface area contributed by atoms with E-state index in [1.165, 1.54) is 0 Å². The molecule has 0 aliphatic carbocycles. The smallest absolute Gasteiger partial charge is 0.134 e. The Labute approximate surface area is 94.2 Å². The highest BCUT2D eigenvalue weighted by Crippen LogP contribution is 2.33. The third kappa shape index (κ3) is 1.52. The zero-order chi connectivity index (χ0) is 11.0. The van der Waals surface area contributed by atoms with Gasteiger partial charge in [0.1, 0.15) is 11.7 Å². The van der Waals surface area contributed by atoms with Crippen LogP contribution in [0.15, 0.2) is 34.9 Å². The standard InChI is InChI=1S/C13H15NO2/c14-11-5-3-7-15-13(11)10-8-16-12-6-2-1-4-9(10)12/h1-2,4,6,8,11,13H,3,5,7,14H2. The summed E-state index contributed by atoms with van der Waals surface area (Å²) in [7, 11) is 0. The first-order chi connectivity index (χ1) is 7.86. The van der Waals surface area contributed by atoms with Gasteiger partial charge in [-0.1, -0.05) is 18.2 Å². The minimum Gasteiger partial charge on any atom is -0.464 e. The molecule has 84 valence electrons. The third-order valence-corrected chi connectivity index (χ3v) is 3.19. The topological polar surface area (TPSA) is 48.4 Å². The minimum absolute atomic E-state index is 0.0163. The Morgan fingerprint density at radius 2 is 2.12 bits per heavy atom. The van der Waals surface area contributed by atoms with Crippen molar-refractivity contribution in [2.75, 3.05) is 6.61 Å². The molecular formula is C13H15NO2. The molecule has 1 aromatic carbocycles. The van der Waals surface area contributed by atoms with Crippen LogP contribution in [0.25, 0.3) is 11.0 Å². The monoisotopic (exact) mass is 217 g/mol. The van der Waals surface area contributed by atoms with Crippen LogP contribution in [0.5, 0.6) is 0 Å². The molecular weight excluding hydrogens is 202 g/mol. The molecule has 2 N–H and O–H groups in total. The van der Waals surface area contributed by atoms with Crippen LogP contribution in [-0.4, -0.2) is 12.6 Å². The summed E-state index contributed by atoms with van der Waals surface area (Å²) in [5.74, 6) is 0. The van der Waals surface area contributed by atoms with Gasteiger partial charge in [0.15, 0.2) is 0 Å². The fourth-order valence-electron chi connectivity index (χ4n) is 2.34. The van der Waals surface area contributed by atoms with Crippen molar-refractivity contribution in [3.05, 3.63) is 36.1 Å². The van der Waals surface area contributed by atoms with Crippen molar-refractivity contribution >= 4 is 11.0 Å². The molecule has 3 heteroatoms. The number of para-hydroxylation sites is 1. The fourth-order valence-corrected chi connectivity index (χ4v) is 2.34. The van der Waals surface area contributed by atoms with Crippen LogP contribution in [0.2, 0.25) is 0 Å². The molecule has 2 aromatic rings. The van der Waals surface area contributed by atoms with E-state index in [-0.39, 0.29) is 12.1 Å². The van der Waals surface area contributed by atoms with Gasteiger partial charge in [0.25, 0.3) is 0 Å². The average molecular weight is 217 g/mol. The molecule has 0 saturated carbocycles. The Morgan fingerprint density at radius 1 is 1.25 bits per heavy atom. The number of hydrogen-bond donors (Lipinski definition) is 1. The van der Waals surface area contributed by atoms with Crippen molar-refractivity contribution < 1.29 is 9.15 Å². The molecule has 0 spiro atoms. The van der Waals surface area contributed by atoms with Crippen LogP contribution in [-0.2, 0) is 4.74 Å². The van der Waals surface area contributed by atoms with Crippen molar-refractivity contribution in [1.29, 1.82) is 0 Å². The largest absolute Gasteiger partial charge is 0.464 e. The maximum absolute atomic E-state index is 6.09. The molecule has 0 radical (unpaired) electrons. The second-order valence-electron chi connectivity index (χ2n) is 4.28. The van der Waals surface area contributed by atoms with Crippen LogP contribution in [0.3, 0.4) is 0 Å². The number of benzene rings is 1. The number of furan rings is 1. The van der Waals surface area contributed by atoms with E-state index in [2.05, 4.69) is 6.07 Å². The zero-order valence-electron chi connectivity index (χ0n) is 9.06. The summed E-state index contributed by atoms with van der Waals surface area (Å²) in [5, 5.41) is 1.12. The molecule has 16 heavy (non-hydrogen) atoms. The molecule has 1 saturated heterocycles. The van der Waals surface area contributed by atoms with Crippen molar-refractivity contribution in [2.24, 2.45) is 5.73 Å². The van der Waals surface area contributed by atoms with Gasteiger partial charge in [-0.2, -0.15) is 0 Å². The van der Waals surface area contributed by atoms with Gasteiger partial charge >= 0.3 is 0 Å². The Morgan fingerprint density at radius 3 is 3.00 bits per heavy atom. The summed E-state index contributed by atoms with van der Waals surface area (Å²) in [5.41, 5.74) is 8.08. The van der Waals surface area contributed by atoms with E-state index in [0.29, 0.717) is 0 Å². The lowest BCUT2D eigenvalue weighted by atomic mass is 9.96. The highest BCUT2D eigenvalue weighted by molar-refractivity contribution is 5.81. The number of ether oxygens (including phenoxy) is 1. The molecule has 1 aliphatic rings. The van der Waals surface area contributed by atoms with Gasteiger partial charge in [-0.15, -0.1) is 0 Å². The van der Waals surface area contributed by atoms with Crippen LogP contribution < -0.4 is 5.73 Å². The SMILES string of the molecule is NC1CCCOC1c1coc2ccccc12. The quantitative estimate of drug-likeness (QED) is 0.798. The predicted octanol–water partition coefficient (Wildman–Crippen LogP) is 2.61. The lowest BCUT2D eigenvalue weighted by Crippen LogP contribution is -2.34. The third-order valence-electron chi connectivity index (χ3n) is 3.19. The van der Waals surface area contributed by atoms with E-state index < -0.39 is 0 Å². The fraction of sp³-hybridized carbons (Fsp3) is 0.385. The van der Waals surface area contributed by atoms with E-state index in [1.807, 2.05) is 18.2 Å². The van der Waals surface area contributed by atoms with Crippen molar-refractivity contribution in [1.82, 2.24) is 0 Å². The molecule has 2 heterocycles. The number of fused-ring (bicyclic) bond motifs is 1. The molecule has 3 rings (SSSR count). The summed E-state index contributed by atoms with van der Waals surface area (Å²) < 4.78 is 11.3. The van der Waals surface area contributed by atoms with Crippen LogP contribution in [0, 0.1) is 0 Å². The molecule has 1 fully saturated rings. The van der Waals surface area contributed by atoms with E-state index in [0.717, 1.165) is 36.0 Å². The van der Waals surface area contributed by atoms with Gasteiger partial charge in [0, 0.05) is 23.6 Å². The first-order valence-electron chi connectivity index (χ1n) is 5.69.